The number of aryl methyl sites for hydroxylation is 3. The quantitative estimate of drug-likeness (QED) is 0.573. The molecule has 0 unspecified atom stereocenters. The van der Waals surface area contributed by atoms with Crippen molar-refractivity contribution in [3.63, 3.8) is 0 Å². The maximum Gasteiger partial charge on any atom is 0.0280 e. The number of rotatable bonds is 5. The number of benzene rings is 2. The fourth-order valence-corrected chi connectivity index (χ4v) is 3.63. The van der Waals surface area contributed by atoms with Crippen molar-refractivity contribution in [1.82, 2.24) is 0 Å². The fourth-order valence-electron chi connectivity index (χ4n) is 3.63. The van der Waals surface area contributed by atoms with Crippen LogP contribution in [-0.2, 0) is 5.41 Å². The van der Waals surface area contributed by atoms with Crippen molar-refractivity contribution in [2.45, 2.75) is 66.1 Å². The summed E-state index contributed by atoms with van der Waals surface area (Å²) in [6.07, 6.45) is 2.83. The third kappa shape index (κ3) is 2.84. The van der Waals surface area contributed by atoms with Crippen molar-refractivity contribution in [2.75, 3.05) is 0 Å². The van der Waals surface area contributed by atoms with Crippen molar-refractivity contribution in [3.8, 4) is 11.1 Å². The van der Waals surface area contributed by atoms with Crippen molar-refractivity contribution in [2.24, 2.45) is 0 Å². The predicted octanol–water partition coefficient (Wildman–Crippen LogP) is 6.75. The molecule has 2 aromatic carbocycles. The lowest BCUT2D eigenvalue weighted by molar-refractivity contribution is 0.380. The van der Waals surface area contributed by atoms with Gasteiger partial charge in [0.15, 0.2) is 0 Å². The topological polar surface area (TPSA) is 0 Å². The van der Waals surface area contributed by atoms with Gasteiger partial charge in [-0.25, -0.2) is 0 Å². The van der Waals surface area contributed by atoms with Gasteiger partial charge < -0.3 is 0 Å². The Balaban J connectivity index is 2.84. The van der Waals surface area contributed by atoms with Gasteiger partial charge in [-0.15, -0.1) is 0 Å². The summed E-state index contributed by atoms with van der Waals surface area (Å²) >= 11 is 0. The van der Waals surface area contributed by atoms with Gasteiger partial charge in [0.25, 0.3) is 0 Å². The maximum atomic E-state index is 8.07. The smallest absolute Gasteiger partial charge is 0.0280 e. The van der Waals surface area contributed by atoms with Gasteiger partial charge >= 0.3 is 0 Å². The lowest BCUT2D eigenvalue weighted by atomic mass is 9.71. The largest absolute Gasteiger partial charge is 0.0645 e. The van der Waals surface area contributed by atoms with E-state index in [1.807, 2.05) is 25.1 Å². The number of hydrogen-bond donors (Lipinski definition) is 0. The molecule has 22 heavy (non-hydrogen) atoms. The molecule has 0 aliphatic rings. The minimum absolute atomic E-state index is 0.0884. The average Bonchev–Trinajstić information content (AvgIpc) is 2.57. The number of hydrogen-bond acceptors (Lipinski definition) is 0. The molecule has 0 radical (unpaired) electrons. The molecule has 0 saturated heterocycles. The van der Waals surface area contributed by atoms with E-state index in [0.29, 0.717) is 5.56 Å². The molecule has 0 nitrogen and oxygen atoms in total. The third-order valence-corrected chi connectivity index (χ3v) is 5.40. The Hall–Kier alpha value is -1.56. The molecule has 0 aromatic heterocycles. The summed E-state index contributed by atoms with van der Waals surface area (Å²) < 4.78 is 24.2. The molecule has 2 aromatic rings. The second kappa shape index (κ2) is 6.69. The standard InChI is InChI=1S/C22H30/c1-7-22(8-2,9-3)21-15-20(17(5)14-18(21)6)19-13-11-10-12-16(19)4/h10-15H,7-9H2,1-6H3/i6D3. The molecule has 0 amide bonds. The van der Waals surface area contributed by atoms with Crippen LogP contribution in [0.3, 0.4) is 0 Å². The minimum Gasteiger partial charge on any atom is -0.0645 e. The molecule has 0 aliphatic carbocycles. The lowest BCUT2D eigenvalue weighted by Crippen LogP contribution is -2.24. The summed E-state index contributed by atoms with van der Waals surface area (Å²) in [6.45, 7) is 8.55. The van der Waals surface area contributed by atoms with Crippen LogP contribution >= 0.6 is 0 Å². The van der Waals surface area contributed by atoms with E-state index in [2.05, 4.69) is 45.9 Å². The van der Waals surface area contributed by atoms with Gasteiger partial charge in [0, 0.05) is 4.11 Å². The van der Waals surface area contributed by atoms with Crippen LogP contribution in [0.4, 0.5) is 0 Å². The summed E-state index contributed by atoms with van der Waals surface area (Å²) in [5.74, 6) is 0. The maximum absolute atomic E-state index is 8.07. The molecule has 0 bridgehead atoms. The summed E-state index contributed by atoms with van der Waals surface area (Å²) in [7, 11) is 0. The van der Waals surface area contributed by atoms with Gasteiger partial charge in [-0.2, -0.15) is 0 Å². The zero-order valence-electron chi connectivity index (χ0n) is 17.6. The Labute approximate surface area is 140 Å². The van der Waals surface area contributed by atoms with E-state index >= 15 is 0 Å². The molecule has 118 valence electrons. The molecule has 0 spiro atoms. The van der Waals surface area contributed by atoms with Crippen LogP contribution in [0.15, 0.2) is 36.4 Å². The molecular weight excluding hydrogens is 264 g/mol. The molecule has 2 rings (SSSR count). The SMILES string of the molecule is [2H]C([2H])([2H])c1cc(C)c(-c2ccccc2C)cc1C(CC)(CC)CC. The Kier molecular flexibility index (Phi) is 3.93. The van der Waals surface area contributed by atoms with Crippen LogP contribution in [-0.4, -0.2) is 0 Å². The van der Waals surface area contributed by atoms with E-state index in [-0.39, 0.29) is 5.41 Å². The van der Waals surface area contributed by atoms with Crippen LogP contribution in [0, 0.1) is 20.7 Å². The molecule has 0 N–H and O–H groups in total. The predicted molar refractivity (Wildman–Crippen MR) is 98.6 cm³/mol. The van der Waals surface area contributed by atoms with Gasteiger partial charge in [-0.3, -0.25) is 0 Å². The van der Waals surface area contributed by atoms with E-state index in [4.69, 9.17) is 4.11 Å². The van der Waals surface area contributed by atoms with E-state index in [9.17, 15) is 0 Å². The second-order valence-corrected chi connectivity index (χ2v) is 6.37. The highest BCUT2D eigenvalue weighted by atomic mass is 14.3. The van der Waals surface area contributed by atoms with Gasteiger partial charge in [0.2, 0.25) is 0 Å². The lowest BCUT2D eigenvalue weighted by Gasteiger charge is -2.33. The van der Waals surface area contributed by atoms with Crippen LogP contribution in [0.2, 0.25) is 0 Å². The first-order valence-corrected chi connectivity index (χ1v) is 8.41. The Morgan fingerprint density at radius 1 is 0.818 bits per heavy atom. The Morgan fingerprint density at radius 2 is 1.45 bits per heavy atom. The summed E-state index contributed by atoms with van der Waals surface area (Å²) in [4.78, 5) is 0. The molecule has 0 saturated carbocycles. The summed E-state index contributed by atoms with van der Waals surface area (Å²) in [6, 6.07) is 12.4. The normalized spacial score (nSPS) is 14.3. The van der Waals surface area contributed by atoms with E-state index < -0.39 is 6.85 Å². The molecule has 0 atom stereocenters. The molecule has 0 heteroatoms. The highest BCUT2D eigenvalue weighted by Crippen LogP contribution is 2.40. The van der Waals surface area contributed by atoms with E-state index in [1.165, 1.54) is 11.1 Å². The van der Waals surface area contributed by atoms with Gasteiger partial charge in [0.1, 0.15) is 0 Å². The van der Waals surface area contributed by atoms with Crippen LogP contribution < -0.4 is 0 Å². The Bertz CT molecular complexity index is 729. The van der Waals surface area contributed by atoms with Gasteiger partial charge in [0.05, 0.1) is 0 Å². The Morgan fingerprint density at radius 3 is 2.00 bits per heavy atom. The highest BCUT2D eigenvalue weighted by molar-refractivity contribution is 5.72. The molecular formula is C22H30. The van der Waals surface area contributed by atoms with Gasteiger partial charge in [-0.05, 0) is 78.8 Å². The molecule has 0 heterocycles. The zero-order chi connectivity index (χ0) is 18.8. The first kappa shape index (κ1) is 12.9. The van der Waals surface area contributed by atoms with Crippen molar-refractivity contribution < 1.29 is 4.11 Å². The van der Waals surface area contributed by atoms with Gasteiger partial charge in [-0.1, -0.05) is 57.2 Å². The molecule has 0 fully saturated rings. The minimum atomic E-state index is -2.09. The summed E-state index contributed by atoms with van der Waals surface area (Å²) in [5.41, 5.74) is 6.03. The average molecular weight is 298 g/mol. The highest BCUT2D eigenvalue weighted by Gasteiger charge is 2.28. The summed E-state index contributed by atoms with van der Waals surface area (Å²) in [5, 5.41) is 0. The first-order chi connectivity index (χ1) is 11.7. The van der Waals surface area contributed by atoms with E-state index in [1.54, 1.807) is 0 Å². The van der Waals surface area contributed by atoms with Crippen LogP contribution in [0.1, 0.15) is 66.4 Å². The monoisotopic (exact) mass is 297 g/mol. The first-order valence-electron chi connectivity index (χ1n) is 9.91. The van der Waals surface area contributed by atoms with Crippen molar-refractivity contribution >= 4 is 0 Å². The molecule has 0 aliphatic heterocycles. The van der Waals surface area contributed by atoms with Crippen molar-refractivity contribution in [1.29, 1.82) is 0 Å². The van der Waals surface area contributed by atoms with Crippen LogP contribution in [0.25, 0.3) is 11.1 Å². The fraction of sp³-hybridized carbons (Fsp3) is 0.455. The third-order valence-electron chi connectivity index (χ3n) is 5.40. The van der Waals surface area contributed by atoms with E-state index in [0.717, 1.165) is 36.0 Å². The van der Waals surface area contributed by atoms with Crippen LogP contribution in [0.5, 0.6) is 0 Å². The zero-order valence-corrected chi connectivity index (χ0v) is 14.6. The van der Waals surface area contributed by atoms with Crippen molar-refractivity contribution in [3.05, 3.63) is 58.7 Å². The second-order valence-electron chi connectivity index (χ2n) is 6.37.